The van der Waals surface area contributed by atoms with Crippen LogP contribution in [0.25, 0.3) is 0 Å². The molecule has 2 rings (SSSR count). The molecule has 19 heavy (non-hydrogen) atoms. The van der Waals surface area contributed by atoms with E-state index < -0.39 is 0 Å². The Labute approximate surface area is 122 Å². The van der Waals surface area contributed by atoms with Crippen LogP contribution >= 0.6 is 23.4 Å². The summed E-state index contributed by atoms with van der Waals surface area (Å²) in [4.78, 5) is 0.632. The van der Waals surface area contributed by atoms with Gasteiger partial charge in [-0.05, 0) is 36.2 Å². The first-order valence-electron chi connectivity index (χ1n) is 5.99. The van der Waals surface area contributed by atoms with Crippen molar-refractivity contribution in [1.29, 1.82) is 0 Å². The third-order valence-corrected chi connectivity index (χ3v) is 4.23. The molecule has 2 N–H and O–H groups in total. The maximum absolute atomic E-state index is 13.9. The minimum atomic E-state index is -0.214. The first kappa shape index (κ1) is 14.4. The summed E-state index contributed by atoms with van der Waals surface area (Å²) in [6.45, 7) is 1.86. The van der Waals surface area contributed by atoms with Crippen LogP contribution in [0.15, 0.2) is 47.4 Å². The highest BCUT2D eigenvalue weighted by molar-refractivity contribution is 7.98. The summed E-state index contributed by atoms with van der Waals surface area (Å²) >= 11 is 7.30. The topological polar surface area (TPSA) is 26.0 Å². The fourth-order valence-corrected chi connectivity index (χ4v) is 3.03. The van der Waals surface area contributed by atoms with Crippen molar-refractivity contribution in [3.05, 3.63) is 64.4 Å². The molecular formula is C15H15ClFNS. The second-order valence-corrected chi connectivity index (χ2v) is 5.78. The molecule has 2 aromatic rings. The molecule has 0 aliphatic rings. The third kappa shape index (κ3) is 3.72. The lowest BCUT2D eigenvalue weighted by Crippen LogP contribution is -2.07. The normalized spacial score (nSPS) is 12.4. The number of halogens is 2. The molecule has 100 valence electrons. The quantitative estimate of drug-likeness (QED) is 0.821. The van der Waals surface area contributed by atoms with Crippen molar-refractivity contribution in [2.45, 2.75) is 23.6 Å². The molecule has 0 saturated carbocycles. The molecule has 0 amide bonds. The fourth-order valence-electron chi connectivity index (χ4n) is 1.77. The van der Waals surface area contributed by atoms with Gasteiger partial charge in [0.25, 0.3) is 0 Å². The van der Waals surface area contributed by atoms with E-state index in [1.807, 2.05) is 37.3 Å². The van der Waals surface area contributed by atoms with Crippen molar-refractivity contribution in [3.63, 3.8) is 0 Å². The molecular weight excluding hydrogens is 281 g/mol. The van der Waals surface area contributed by atoms with E-state index in [1.54, 1.807) is 6.07 Å². The van der Waals surface area contributed by atoms with Crippen molar-refractivity contribution in [3.8, 4) is 0 Å². The Morgan fingerprint density at radius 1 is 1.21 bits per heavy atom. The molecule has 0 bridgehead atoms. The van der Waals surface area contributed by atoms with Gasteiger partial charge < -0.3 is 5.73 Å². The summed E-state index contributed by atoms with van der Waals surface area (Å²) < 4.78 is 13.9. The first-order valence-corrected chi connectivity index (χ1v) is 7.35. The number of hydrogen-bond acceptors (Lipinski definition) is 2. The summed E-state index contributed by atoms with van der Waals surface area (Å²) in [5.74, 6) is 0.478. The first-order chi connectivity index (χ1) is 9.08. The second kappa shape index (κ2) is 6.42. The van der Waals surface area contributed by atoms with Crippen molar-refractivity contribution in [2.24, 2.45) is 5.73 Å². The van der Waals surface area contributed by atoms with Gasteiger partial charge in [-0.25, -0.2) is 4.39 Å². The van der Waals surface area contributed by atoms with Crippen LogP contribution in [0, 0.1) is 5.82 Å². The number of thioether (sulfide) groups is 1. The predicted octanol–water partition coefficient (Wildman–Crippen LogP) is 4.79. The van der Waals surface area contributed by atoms with Gasteiger partial charge >= 0.3 is 0 Å². The Morgan fingerprint density at radius 2 is 1.89 bits per heavy atom. The monoisotopic (exact) mass is 295 g/mol. The number of hydrogen-bond donors (Lipinski definition) is 1. The maximum Gasteiger partial charge on any atom is 0.137 e. The van der Waals surface area contributed by atoms with E-state index in [2.05, 4.69) is 0 Å². The number of nitrogens with two attached hydrogens (primary N) is 1. The standard InChI is InChI=1S/C15H15ClFNS/c1-10(18)13-3-2-4-14(17)15(13)19-9-11-5-7-12(16)8-6-11/h2-8,10H,9,18H2,1H3/t10-/m1/s1. The average molecular weight is 296 g/mol. The van der Waals surface area contributed by atoms with Crippen LogP contribution < -0.4 is 5.73 Å². The zero-order valence-electron chi connectivity index (χ0n) is 10.6. The van der Waals surface area contributed by atoms with Crippen LogP contribution in [0.3, 0.4) is 0 Å². The smallest absolute Gasteiger partial charge is 0.137 e. The molecule has 2 aromatic carbocycles. The highest BCUT2D eigenvalue weighted by Crippen LogP contribution is 2.31. The molecule has 1 nitrogen and oxygen atoms in total. The summed E-state index contributed by atoms with van der Waals surface area (Å²) in [5.41, 5.74) is 7.83. The van der Waals surface area contributed by atoms with E-state index >= 15 is 0 Å². The van der Waals surface area contributed by atoms with E-state index in [0.717, 1.165) is 11.1 Å². The lowest BCUT2D eigenvalue weighted by Gasteiger charge is -2.13. The molecule has 0 aliphatic carbocycles. The Hall–Kier alpha value is -1.03. The predicted molar refractivity (Wildman–Crippen MR) is 80.0 cm³/mol. The van der Waals surface area contributed by atoms with E-state index in [-0.39, 0.29) is 11.9 Å². The van der Waals surface area contributed by atoms with Gasteiger partial charge in [0.1, 0.15) is 5.82 Å². The molecule has 4 heteroatoms. The molecule has 0 unspecified atom stereocenters. The molecule has 0 fully saturated rings. The van der Waals surface area contributed by atoms with Gasteiger partial charge in [-0.1, -0.05) is 35.9 Å². The zero-order chi connectivity index (χ0) is 13.8. The van der Waals surface area contributed by atoms with Crippen LogP contribution in [0.4, 0.5) is 4.39 Å². The molecule has 0 radical (unpaired) electrons. The summed E-state index contributed by atoms with van der Waals surface area (Å²) in [6.07, 6.45) is 0. The van der Waals surface area contributed by atoms with Gasteiger partial charge in [0.05, 0.1) is 0 Å². The van der Waals surface area contributed by atoms with Crippen LogP contribution in [0.5, 0.6) is 0 Å². The van der Waals surface area contributed by atoms with Crippen molar-refractivity contribution >= 4 is 23.4 Å². The van der Waals surface area contributed by atoms with Crippen molar-refractivity contribution in [1.82, 2.24) is 0 Å². The summed E-state index contributed by atoms with van der Waals surface area (Å²) in [5, 5.41) is 0.705. The Kier molecular flexibility index (Phi) is 4.86. The summed E-state index contributed by atoms with van der Waals surface area (Å²) in [7, 11) is 0. The van der Waals surface area contributed by atoms with E-state index in [4.69, 9.17) is 17.3 Å². The molecule has 0 aliphatic heterocycles. The Bertz CT molecular complexity index is 555. The van der Waals surface area contributed by atoms with Crippen LogP contribution in [0.1, 0.15) is 24.1 Å². The zero-order valence-corrected chi connectivity index (χ0v) is 12.1. The third-order valence-electron chi connectivity index (χ3n) is 2.78. The SMILES string of the molecule is C[C@@H](N)c1cccc(F)c1SCc1ccc(Cl)cc1. The lowest BCUT2D eigenvalue weighted by atomic mass is 10.1. The average Bonchev–Trinajstić information content (AvgIpc) is 2.39. The molecule has 0 saturated heterocycles. The Morgan fingerprint density at radius 3 is 2.53 bits per heavy atom. The van der Waals surface area contributed by atoms with Crippen molar-refractivity contribution in [2.75, 3.05) is 0 Å². The number of rotatable bonds is 4. The minimum Gasteiger partial charge on any atom is -0.324 e. The van der Waals surface area contributed by atoms with E-state index in [0.29, 0.717) is 15.7 Å². The van der Waals surface area contributed by atoms with E-state index in [1.165, 1.54) is 17.8 Å². The summed E-state index contributed by atoms with van der Waals surface area (Å²) in [6, 6.07) is 12.4. The molecule has 0 aromatic heterocycles. The largest absolute Gasteiger partial charge is 0.324 e. The van der Waals surface area contributed by atoms with Gasteiger partial charge in [-0.15, -0.1) is 11.8 Å². The van der Waals surface area contributed by atoms with Gasteiger partial charge in [0.15, 0.2) is 0 Å². The highest BCUT2D eigenvalue weighted by Gasteiger charge is 2.12. The van der Waals surface area contributed by atoms with Gasteiger partial charge in [0.2, 0.25) is 0 Å². The van der Waals surface area contributed by atoms with Gasteiger partial charge in [0, 0.05) is 21.7 Å². The lowest BCUT2D eigenvalue weighted by molar-refractivity contribution is 0.591. The molecule has 0 spiro atoms. The number of benzene rings is 2. The molecule has 1 atom stereocenters. The maximum atomic E-state index is 13.9. The molecule has 0 heterocycles. The Balaban J connectivity index is 2.17. The van der Waals surface area contributed by atoms with Crippen LogP contribution in [0.2, 0.25) is 5.02 Å². The van der Waals surface area contributed by atoms with Gasteiger partial charge in [-0.3, -0.25) is 0 Å². The van der Waals surface area contributed by atoms with Crippen LogP contribution in [-0.4, -0.2) is 0 Å². The van der Waals surface area contributed by atoms with E-state index in [9.17, 15) is 4.39 Å². The second-order valence-electron chi connectivity index (χ2n) is 4.36. The van der Waals surface area contributed by atoms with Gasteiger partial charge in [-0.2, -0.15) is 0 Å². The highest BCUT2D eigenvalue weighted by atomic mass is 35.5. The van der Waals surface area contributed by atoms with Crippen molar-refractivity contribution < 1.29 is 4.39 Å². The minimum absolute atomic E-state index is 0.177. The fraction of sp³-hybridized carbons (Fsp3) is 0.200. The van der Waals surface area contributed by atoms with Crippen LogP contribution in [-0.2, 0) is 5.75 Å².